The first-order valence-electron chi connectivity index (χ1n) is 4.45. The number of aromatic nitrogens is 4. The highest BCUT2D eigenvalue weighted by atomic mass is 16.1. The van der Waals surface area contributed by atoms with Crippen LogP contribution in [0.2, 0.25) is 0 Å². The summed E-state index contributed by atoms with van der Waals surface area (Å²) in [7, 11) is 3.48. The minimum atomic E-state index is -0.178. The zero-order valence-electron chi connectivity index (χ0n) is 8.51. The Labute approximate surface area is 86.2 Å². The van der Waals surface area contributed by atoms with E-state index in [-0.39, 0.29) is 11.4 Å². The molecule has 2 aromatic rings. The van der Waals surface area contributed by atoms with Gasteiger partial charge in [-0.2, -0.15) is 5.10 Å². The summed E-state index contributed by atoms with van der Waals surface area (Å²) in [5.74, 6) is 0.881. The number of nitrogens with one attached hydrogen (secondary N) is 1. The molecule has 2 heterocycles. The molecule has 0 saturated carbocycles. The van der Waals surface area contributed by atoms with Gasteiger partial charge in [-0.3, -0.25) is 9.48 Å². The first kappa shape index (κ1) is 9.45. The summed E-state index contributed by atoms with van der Waals surface area (Å²) in [5.41, 5.74) is -0.178. The summed E-state index contributed by atoms with van der Waals surface area (Å²) in [5, 5.41) is 6.95. The van der Waals surface area contributed by atoms with Crippen LogP contribution >= 0.6 is 0 Å². The summed E-state index contributed by atoms with van der Waals surface area (Å²) in [6.45, 7) is 0. The van der Waals surface area contributed by atoms with Crippen molar-refractivity contribution in [1.82, 2.24) is 19.3 Å². The van der Waals surface area contributed by atoms with Crippen molar-refractivity contribution in [2.24, 2.45) is 14.1 Å². The second-order valence-corrected chi connectivity index (χ2v) is 3.19. The van der Waals surface area contributed by atoms with Crippen molar-refractivity contribution >= 4 is 11.6 Å². The van der Waals surface area contributed by atoms with E-state index in [1.165, 1.54) is 4.57 Å². The number of anilines is 2. The molecule has 0 bridgehead atoms. The summed E-state index contributed by atoms with van der Waals surface area (Å²) in [6, 6.07) is 1.77. The minimum Gasteiger partial charge on any atom is -0.319 e. The van der Waals surface area contributed by atoms with Gasteiger partial charge in [0.15, 0.2) is 11.6 Å². The van der Waals surface area contributed by atoms with E-state index in [0.29, 0.717) is 5.82 Å². The third-order valence-electron chi connectivity index (χ3n) is 1.98. The monoisotopic (exact) mass is 205 g/mol. The Morgan fingerprint density at radius 3 is 2.80 bits per heavy atom. The smallest absolute Gasteiger partial charge is 0.293 e. The largest absolute Gasteiger partial charge is 0.319 e. The summed E-state index contributed by atoms with van der Waals surface area (Å²) < 4.78 is 3.11. The maximum absolute atomic E-state index is 11.6. The zero-order valence-corrected chi connectivity index (χ0v) is 8.51. The quantitative estimate of drug-likeness (QED) is 0.763. The third kappa shape index (κ3) is 1.88. The normalized spacial score (nSPS) is 10.3. The van der Waals surface area contributed by atoms with Crippen LogP contribution in [-0.4, -0.2) is 19.3 Å². The summed E-state index contributed by atoms with van der Waals surface area (Å²) in [6.07, 6.45) is 4.95. The predicted octanol–water partition coefficient (Wildman–Crippen LogP) is 0.257. The molecule has 0 atom stereocenters. The van der Waals surface area contributed by atoms with Crippen molar-refractivity contribution in [3.63, 3.8) is 0 Å². The first-order valence-corrected chi connectivity index (χ1v) is 4.45. The molecule has 0 unspecified atom stereocenters. The van der Waals surface area contributed by atoms with Crippen LogP contribution in [0.4, 0.5) is 11.6 Å². The van der Waals surface area contributed by atoms with Gasteiger partial charge in [-0.25, -0.2) is 4.98 Å². The van der Waals surface area contributed by atoms with Gasteiger partial charge in [-0.15, -0.1) is 0 Å². The molecule has 0 aliphatic heterocycles. The molecular weight excluding hydrogens is 194 g/mol. The van der Waals surface area contributed by atoms with E-state index in [1.807, 2.05) is 7.05 Å². The molecule has 2 aromatic heterocycles. The molecule has 0 aromatic carbocycles. The second kappa shape index (κ2) is 3.56. The highest BCUT2D eigenvalue weighted by Gasteiger charge is 2.03. The van der Waals surface area contributed by atoms with Gasteiger partial charge in [0.1, 0.15) is 0 Å². The van der Waals surface area contributed by atoms with Crippen molar-refractivity contribution in [3.8, 4) is 0 Å². The predicted molar refractivity (Wildman–Crippen MR) is 56.0 cm³/mol. The second-order valence-electron chi connectivity index (χ2n) is 3.19. The van der Waals surface area contributed by atoms with Crippen LogP contribution in [0.3, 0.4) is 0 Å². The van der Waals surface area contributed by atoms with E-state index in [2.05, 4.69) is 15.4 Å². The SMILES string of the molecule is Cn1ccc(Nc2nccn(C)c2=O)n1. The molecule has 0 spiro atoms. The summed E-state index contributed by atoms with van der Waals surface area (Å²) in [4.78, 5) is 15.5. The van der Waals surface area contributed by atoms with Crippen LogP contribution in [0, 0.1) is 0 Å². The molecule has 15 heavy (non-hydrogen) atoms. The highest BCUT2D eigenvalue weighted by molar-refractivity contribution is 5.49. The van der Waals surface area contributed by atoms with Crippen LogP contribution in [0.5, 0.6) is 0 Å². The topological polar surface area (TPSA) is 64.7 Å². The molecule has 0 radical (unpaired) electrons. The Balaban J connectivity index is 2.32. The minimum absolute atomic E-state index is 0.178. The lowest BCUT2D eigenvalue weighted by molar-refractivity contribution is 0.770. The average Bonchev–Trinajstić information content (AvgIpc) is 2.59. The Hall–Kier alpha value is -2.11. The Bertz CT molecular complexity index is 527. The molecule has 6 heteroatoms. The lowest BCUT2D eigenvalue weighted by Gasteiger charge is -2.02. The molecule has 0 amide bonds. The van der Waals surface area contributed by atoms with Gasteiger partial charge in [-0.05, 0) is 0 Å². The fourth-order valence-electron chi connectivity index (χ4n) is 1.19. The van der Waals surface area contributed by atoms with Crippen molar-refractivity contribution in [2.45, 2.75) is 0 Å². The van der Waals surface area contributed by atoms with E-state index < -0.39 is 0 Å². The average molecular weight is 205 g/mol. The van der Waals surface area contributed by atoms with Crippen molar-refractivity contribution in [2.75, 3.05) is 5.32 Å². The highest BCUT2D eigenvalue weighted by Crippen LogP contribution is 2.06. The van der Waals surface area contributed by atoms with Gasteiger partial charge in [-0.1, -0.05) is 0 Å². The first-order chi connectivity index (χ1) is 7.16. The van der Waals surface area contributed by atoms with E-state index in [1.54, 1.807) is 36.4 Å². The van der Waals surface area contributed by atoms with E-state index >= 15 is 0 Å². The van der Waals surface area contributed by atoms with Gasteiger partial charge >= 0.3 is 0 Å². The van der Waals surface area contributed by atoms with Crippen LogP contribution in [-0.2, 0) is 14.1 Å². The fraction of sp³-hybridized carbons (Fsp3) is 0.222. The van der Waals surface area contributed by atoms with Crippen LogP contribution < -0.4 is 10.9 Å². The molecule has 2 rings (SSSR count). The molecule has 0 saturated heterocycles. The maximum Gasteiger partial charge on any atom is 0.293 e. The number of rotatable bonds is 2. The van der Waals surface area contributed by atoms with Gasteiger partial charge in [0.2, 0.25) is 0 Å². The van der Waals surface area contributed by atoms with Gasteiger partial charge in [0.05, 0.1) is 0 Å². The summed E-state index contributed by atoms with van der Waals surface area (Å²) >= 11 is 0. The molecule has 0 aliphatic carbocycles. The van der Waals surface area contributed by atoms with Gasteiger partial charge in [0.25, 0.3) is 5.56 Å². The van der Waals surface area contributed by atoms with Crippen molar-refractivity contribution in [3.05, 3.63) is 35.0 Å². The van der Waals surface area contributed by atoms with Crippen molar-refractivity contribution < 1.29 is 0 Å². The lowest BCUT2D eigenvalue weighted by atomic mass is 10.5. The number of nitrogens with zero attached hydrogens (tertiary/aromatic N) is 4. The van der Waals surface area contributed by atoms with E-state index in [0.717, 1.165) is 0 Å². The zero-order chi connectivity index (χ0) is 10.8. The standard InChI is InChI=1S/C9H11N5O/c1-13-6-4-10-8(9(13)15)11-7-3-5-14(2)12-7/h3-6H,1-2H3,(H,10,11,12). The lowest BCUT2D eigenvalue weighted by Crippen LogP contribution is -2.20. The van der Waals surface area contributed by atoms with Crippen LogP contribution in [0.25, 0.3) is 0 Å². The Morgan fingerprint density at radius 2 is 2.13 bits per heavy atom. The Morgan fingerprint density at radius 1 is 1.33 bits per heavy atom. The molecule has 0 fully saturated rings. The number of aryl methyl sites for hydroxylation is 2. The molecule has 78 valence electrons. The van der Waals surface area contributed by atoms with Crippen LogP contribution in [0.15, 0.2) is 29.5 Å². The van der Waals surface area contributed by atoms with Gasteiger partial charge < -0.3 is 9.88 Å². The molecule has 1 N–H and O–H groups in total. The molecule has 6 nitrogen and oxygen atoms in total. The molecular formula is C9H11N5O. The third-order valence-corrected chi connectivity index (χ3v) is 1.98. The number of hydrogen-bond acceptors (Lipinski definition) is 4. The van der Waals surface area contributed by atoms with Crippen LogP contribution in [0.1, 0.15) is 0 Å². The van der Waals surface area contributed by atoms with E-state index in [4.69, 9.17) is 0 Å². The molecule has 0 aliphatic rings. The fourth-order valence-corrected chi connectivity index (χ4v) is 1.19. The van der Waals surface area contributed by atoms with Gasteiger partial charge in [0, 0.05) is 38.8 Å². The number of hydrogen-bond donors (Lipinski definition) is 1. The van der Waals surface area contributed by atoms with E-state index in [9.17, 15) is 4.79 Å². The van der Waals surface area contributed by atoms with Crippen molar-refractivity contribution in [1.29, 1.82) is 0 Å². The maximum atomic E-state index is 11.6. The Kier molecular flexibility index (Phi) is 2.24.